The molecular weight excluding hydrogens is 430 g/mol. The molecule has 0 saturated carbocycles. The fourth-order valence-electron chi connectivity index (χ4n) is 5.37. The lowest BCUT2D eigenvalue weighted by Gasteiger charge is -2.34. The summed E-state index contributed by atoms with van der Waals surface area (Å²) in [4.78, 5) is 28.0. The normalized spacial score (nSPS) is 21.0. The summed E-state index contributed by atoms with van der Waals surface area (Å²) in [7, 11) is 1.59. The Morgan fingerprint density at radius 2 is 2.00 bits per heavy atom. The van der Waals surface area contributed by atoms with Crippen molar-refractivity contribution in [1.82, 2.24) is 19.9 Å². The molecule has 1 aromatic carbocycles. The number of aromatic nitrogens is 3. The number of methoxy groups -OCH3 is 1. The largest absolute Gasteiger partial charge is 0.497 e. The van der Waals surface area contributed by atoms with Gasteiger partial charge in [-0.25, -0.2) is 9.97 Å². The minimum Gasteiger partial charge on any atom is -0.497 e. The standard InChI is InChI=1S/C26H33N5O3/c1-26(2)15-17(9-13-34-26)23-29-22-19(6-10-28-24(22)30-23)16-7-11-31(12-8-16)25(32)20-5-4-18(33-3)14-21(20)27/h4-6,10,14,16-17H,7-9,11-13,15,27H2,1-3H3,(H,28,29,30). The molecule has 8 nitrogen and oxygen atoms in total. The van der Waals surface area contributed by atoms with Crippen LogP contribution in [0, 0.1) is 0 Å². The minimum atomic E-state index is -0.134. The third-order valence-electron chi connectivity index (χ3n) is 7.24. The van der Waals surface area contributed by atoms with Crippen molar-refractivity contribution in [2.75, 3.05) is 32.5 Å². The number of fused-ring (bicyclic) bond motifs is 1. The molecule has 0 bridgehead atoms. The number of pyridine rings is 1. The van der Waals surface area contributed by atoms with Crippen molar-refractivity contribution in [3.8, 4) is 5.75 Å². The molecule has 1 amide bonds. The van der Waals surface area contributed by atoms with Crippen molar-refractivity contribution in [2.24, 2.45) is 0 Å². The van der Waals surface area contributed by atoms with Gasteiger partial charge in [-0.3, -0.25) is 4.79 Å². The Bertz CT molecular complexity index is 1200. The molecule has 3 aromatic rings. The second kappa shape index (κ2) is 8.91. The molecule has 1 atom stereocenters. The van der Waals surface area contributed by atoms with Gasteiger partial charge in [0.05, 0.1) is 23.8 Å². The van der Waals surface area contributed by atoms with Crippen molar-refractivity contribution < 1.29 is 14.3 Å². The Kier molecular flexibility index (Phi) is 5.93. The first-order valence-corrected chi connectivity index (χ1v) is 12.1. The van der Waals surface area contributed by atoms with E-state index in [1.165, 1.54) is 5.56 Å². The number of carbonyl (C=O) groups is 1. The highest BCUT2D eigenvalue weighted by atomic mass is 16.5. The van der Waals surface area contributed by atoms with E-state index < -0.39 is 0 Å². The summed E-state index contributed by atoms with van der Waals surface area (Å²) in [6, 6.07) is 7.32. The van der Waals surface area contributed by atoms with Gasteiger partial charge in [-0.15, -0.1) is 0 Å². The highest BCUT2D eigenvalue weighted by molar-refractivity contribution is 5.99. The number of imidazole rings is 1. The van der Waals surface area contributed by atoms with Gasteiger partial charge in [0.1, 0.15) is 11.6 Å². The molecular formula is C26H33N5O3. The number of benzene rings is 1. The maximum absolute atomic E-state index is 13.1. The van der Waals surface area contributed by atoms with Crippen molar-refractivity contribution >= 4 is 22.8 Å². The van der Waals surface area contributed by atoms with E-state index in [1.54, 1.807) is 25.3 Å². The van der Waals surface area contributed by atoms with Gasteiger partial charge in [0.15, 0.2) is 5.65 Å². The number of piperidine rings is 1. The maximum Gasteiger partial charge on any atom is 0.255 e. The Morgan fingerprint density at radius 3 is 2.71 bits per heavy atom. The summed E-state index contributed by atoms with van der Waals surface area (Å²) in [5.41, 5.74) is 10.0. The zero-order chi connectivity index (χ0) is 23.9. The molecule has 2 saturated heterocycles. The van der Waals surface area contributed by atoms with E-state index in [2.05, 4.69) is 29.9 Å². The van der Waals surface area contributed by atoms with Crippen LogP contribution < -0.4 is 10.5 Å². The second-order valence-electron chi connectivity index (χ2n) is 10.0. The first-order valence-electron chi connectivity index (χ1n) is 12.1. The fraction of sp³-hybridized carbons (Fsp3) is 0.500. The Hall–Kier alpha value is -3.13. The number of hydrogen-bond donors (Lipinski definition) is 2. The van der Waals surface area contributed by atoms with Crippen LogP contribution in [0.2, 0.25) is 0 Å². The van der Waals surface area contributed by atoms with Crippen LogP contribution in [-0.4, -0.2) is 58.2 Å². The zero-order valence-electron chi connectivity index (χ0n) is 20.1. The molecule has 2 aliphatic heterocycles. The highest BCUT2D eigenvalue weighted by Crippen LogP contribution is 2.37. The quantitative estimate of drug-likeness (QED) is 0.561. The molecule has 0 aliphatic carbocycles. The number of nitrogens with one attached hydrogen (secondary N) is 1. The van der Waals surface area contributed by atoms with Gasteiger partial charge in [0.2, 0.25) is 0 Å². The van der Waals surface area contributed by atoms with Crippen molar-refractivity contribution in [3.05, 3.63) is 47.4 Å². The topological polar surface area (TPSA) is 106 Å². The van der Waals surface area contributed by atoms with E-state index in [1.807, 2.05) is 11.1 Å². The van der Waals surface area contributed by atoms with Crippen molar-refractivity contribution in [1.29, 1.82) is 0 Å². The molecule has 2 fully saturated rings. The average molecular weight is 464 g/mol. The Balaban J connectivity index is 1.31. The van der Waals surface area contributed by atoms with Gasteiger partial charge < -0.3 is 25.1 Å². The van der Waals surface area contributed by atoms with Crippen LogP contribution in [0.5, 0.6) is 5.75 Å². The number of carbonyl (C=O) groups excluding carboxylic acids is 1. The molecule has 2 aromatic heterocycles. The van der Waals surface area contributed by atoms with Crippen LogP contribution in [0.25, 0.3) is 11.2 Å². The lowest BCUT2D eigenvalue weighted by atomic mass is 9.88. The number of H-pyrrole nitrogens is 1. The van der Waals surface area contributed by atoms with Crippen LogP contribution >= 0.6 is 0 Å². The predicted octanol–water partition coefficient (Wildman–Crippen LogP) is 4.24. The van der Waals surface area contributed by atoms with Gasteiger partial charge >= 0.3 is 0 Å². The molecule has 5 rings (SSSR count). The molecule has 8 heteroatoms. The number of ether oxygens (including phenoxy) is 2. The van der Waals surface area contributed by atoms with Crippen LogP contribution in [0.1, 0.15) is 73.1 Å². The first-order chi connectivity index (χ1) is 16.3. The molecule has 0 radical (unpaired) electrons. The summed E-state index contributed by atoms with van der Waals surface area (Å²) >= 11 is 0. The molecule has 2 aliphatic rings. The monoisotopic (exact) mass is 463 g/mol. The molecule has 3 N–H and O–H groups in total. The van der Waals surface area contributed by atoms with E-state index in [-0.39, 0.29) is 11.5 Å². The van der Waals surface area contributed by atoms with Gasteiger partial charge in [-0.05, 0) is 69.2 Å². The summed E-state index contributed by atoms with van der Waals surface area (Å²) in [6.45, 7) is 6.41. The van der Waals surface area contributed by atoms with E-state index in [0.29, 0.717) is 41.9 Å². The number of nitrogens with zero attached hydrogens (tertiary/aromatic N) is 3. The fourth-order valence-corrected chi connectivity index (χ4v) is 5.37. The van der Waals surface area contributed by atoms with Crippen molar-refractivity contribution in [2.45, 2.75) is 57.0 Å². The summed E-state index contributed by atoms with van der Waals surface area (Å²) < 4.78 is 11.1. The minimum absolute atomic E-state index is 0.0237. The number of likely N-dealkylation sites (tertiary alicyclic amines) is 1. The van der Waals surface area contributed by atoms with Crippen LogP contribution in [0.15, 0.2) is 30.5 Å². The molecule has 1 unspecified atom stereocenters. The molecule has 180 valence electrons. The Morgan fingerprint density at radius 1 is 1.21 bits per heavy atom. The highest BCUT2D eigenvalue weighted by Gasteiger charge is 2.32. The number of rotatable bonds is 4. The molecule has 34 heavy (non-hydrogen) atoms. The van der Waals surface area contributed by atoms with Gasteiger partial charge in [-0.1, -0.05) is 0 Å². The predicted molar refractivity (Wildman–Crippen MR) is 131 cm³/mol. The lowest BCUT2D eigenvalue weighted by Crippen LogP contribution is -2.38. The number of nitrogens with two attached hydrogens (primary N) is 1. The van der Waals surface area contributed by atoms with Gasteiger partial charge in [0.25, 0.3) is 5.91 Å². The molecule has 0 spiro atoms. The Labute approximate surface area is 199 Å². The number of nitrogen functional groups attached to an aromatic ring is 1. The van der Waals surface area contributed by atoms with Crippen LogP contribution in [-0.2, 0) is 4.74 Å². The number of hydrogen-bond acceptors (Lipinski definition) is 6. The first kappa shape index (κ1) is 22.7. The summed E-state index contributed by atoms with van der Waals surface area (Å²) in [5.74, 6) is 2.33. The number of aromatic amines is 1. The number of amides is 1. The van der Waals surface area contributed by atoms with Crippen molar-refractivity contribution in [3.63, 3.8) is 0 Å². The SMILES string of the molecule is COc1ccc(C(=O)N2CCC(c3ccnc4nc(C5CCOC(C)(C)C5)[nH]c34)CC2)c(N)c1. The van der Waals surface area contributed by atoms with Gasteiger partial charge in [-0.2, -0.15) is 0 Å². The van der Waals surface area contributed by atoms with Crippen LogP contribution in [0.4, 0.5) is 5.69 Å². The zero-order valence-corrected chi connectivity index (χ0v) is 20.1. The van der Waals surface area contributed by atoms with E-state index >= 15 is 0 Å². The lowest BCUT2D eigenvalue weighted by molar-refractivity contribution is -0.0602. The third-order valence-corrected chi connectivity index (χ3v) is 7.24. The summed E-state index contributed by atoms with van der Waals surface area (Å²) in [6.07, 6.45) is 5.54. The molecule has 4 heterocycles. The second-order valence-corrected chi connectivity index (χ2v) is 10.0. The third kappa shape index (κ3) is 4.34. The summed E-state index contributed by atoms with van der Waals surface area (Å²) in [5, 5.41) is 0. The van der Waals surface area contributed by atoms with Gasteiger partial charge in [0, 0.05) is 43.6 Å². The maximum atomic E-state index is 13.1. The van der Waals surface area contributed by atoms with Crippen LogP contribution in [0.3, 0.4) is 0 Å². The number of anilines is 1. The van der Waals surface area contributed by atoms with E-state index in [4.69, 9.17) is 20.2 Å². The van der Waals surface area contributed by atoms with E-state index in [0.717, 1.165) is 49.3 Å². The van der Waals surface area contributed by atoms with E-state index in [9.17, 15) is 4.79 Å². The average Bonchev–Trinajstić information content (AvgIpc) is 3.28. The smallest absolute Gasteiger partial charge is 0.255 e.